The van der Waals surface area contributed by atoms with Crippen molar-refractivity contribution in [3.63, 3.8) is 0 Å². The molecule has 6 rings (SSSR count). The Morgan fingerprint density at radius 2 is 1.66 bits per heavy atom. The van der Waals surface area contributed by atoms with Crippen molar-refractivity contribution in [2.45, 2.75) is 29.9 Å². The second-order valence-electron chi connectivity index (χ2n) is 9.20. The van der Waals surface area contributed by atoms with Crippen LogP contribution in [0.3, 0.4) is 0 Å². The summed E-state index contributed by atoms with van der Waals surface area (Å²) in [6.45, 7) is 5.15. The van der Waals surface area contributed by atoms with Crippen LogP contribution in [0.2, 0.25) is 0 Å². The molecular weight excluding hydrogens is 468 g/mol. The molecule has 0 bridgehead atoms. The van der Waals surface area contributed by atoms with Gasteiger partial charge < -0.3 is 4.90 Å². The smallest absolute Gasteiger partial charge is 0.142 e. The number of aromatic nitrogens is 2. The van der Waals surface area contributed by atoms with E-state index in [2.05, 4.69) is 82.6 Å². The maximum Gasteiger partial charge on any atom is 0.142 e. The SMILES string of the molecule is C(=C\c1ccccc1)/CN1CCN(c2nc(CSc3ccccc3)nc3sc4c(c23)CCC4)CC1. The van der Waals surface area contributed by atoms with Crippen LogP contribution >= 0.6 is 23.1 Å². The van der Waals surface area contributed by atoms with Crippen molar-refractivity contribution in [1.29, 1.82) is 0 Å². The Kier molecular flexibility index (Phi) is 6.85. The van der Waals surface area contributed by atoms with Gasteiger partial charge in [0, 0.05) is 42.5 Å². The lowest BCUT2D eigenvalue weighted by Gasteiger charge is -2.35. The summed E-state index contributed by atoms with van der Waals surface area (Å²) in [6, 6.07) is 21.1. The van der Waals surface area contributed by atoms with Crippen LogP contribution in [0.25, 0.3) is 16.3 Å². The van der Waals surface area contributed by atoms with E-state index in [9.17, 15) is 0 Å². The zero-order chi connectivity index (χ0) is 23.5. The Balaban J connectivity index is 1.19. The minimum absolute atomic E-state index is 0.805. The number of rotatable bonds is 7. The minimum atomic E-state index is 0.805. The lowest BCUT2D eigenvalue weighted by molar-refractivity contribution is 0.284. The highest BCUT2D eigenvalue weighted by Gasteiger charge is 2.26. The van der Waals surface area contributed by atoms with Crippen molar-refractivity contribution in [1.82, 2.24) is 14.9 Å². The van der Waals surface area contributed by atoms with Crippen LogP contribution in [0, 0.1) is 0 Å². The third-order valence-electron chi connectivity index (χ3n) is 6.85. The number of thiophene rings is 1. The molecule has 0 N–H and O–H groups in total. The van der Waals surface area contributed by atoms with E-state index in [-0.39, 0.29) is 0 Å². The molecule has 0 spiro atoms. The Bertz CT molecular complexity index is 1310. The van der Waals surface area contributed by atoms with Gasteiger partial charge in [-0.3, -0.25) is 4.90 Å². The maximum absolute atomic E-state index is 5.18. The number of benzene rings is 2. The quantitative estimate of drug-likeness (QED) is 0.279. The van der Waals surface area contributed by atoms with Gasteiger partial charge in [-0.1, -0.05) is 60.7 Å². The topological polar surface area (TPSA) is 32.3 Å². The normalized spacial score (nSPS) is 16.4. The molecule has 1 saturated heterocycles. The van der Waals surface area contributed by atoms with Crippen molar-refractivity contribution >= 4 is 45.2 Å². The van der Waals surface area contributed by atoms with Gasteiger partial charge >= 0.3 is 0 Å². The van der Waals surface area contributed by atoms with E-state index in [0.717, 1.165) is 44.3 Å². The zero-order valence-corrected chi connectivity index (χ0v) is 21.5. The van der Waals surface area contributed by atoms with Gasteiger partial charge in [0.15, 0.2) is 0 Å². The van der Waals surface area contributed by atoms with E-state index in [4.69, 9.17) is 9.97 Å². The molecule has 2 aromatic heterocycles. The van der Waals surface area contributed by atoms with E-state index in [0.29, 0.717) is 0 Å². The summed E-state index contributed by atoms with van der Waals surface area (Å²) in [5.41, 5.74) is 2.79. The number of hydrogen-bond acceptors (Lipinski definition) is 6. The number of thioether (sulfide) groups is 1. The van der Waals surface area contributed by atoms with Crippen molar-refractivity contribution in [2.75, 3.05) is 37.6 Å². The van der Waals surface area contributed by atoms with Crippen LogP contribution in [0.5, 0.6) is 0 Å². The van der Waals surface area contributed by atoms with Crippen molar-refractivity contribution in [3.8, 4) is 0 Å². The van der Waals surface area contributed by atoms with Crippen LogP contribution in [-0.2, 0) is 18.6 Å². The second kappa shape index (κ2) is 10.5. The Morgan fingerprint density at radius 3 is 2.46 bits per heavy atom. The van der Waals surface area contributed by atoms with Gasteiger partial charge in [0.05, 0.1) is 11.1 Å². The van der Waals surface area contributed by atoms with Gasteiger partial charge in [0.1, 0.15) is 16.5 Å². The molecule has 2 aliphatic rings. The van der Waals surface area contributed by atoms with Crippen LogP contribution in [0.4, 0.5) is 5.82 Å². The Hall–Kier alpha value is -2.67. The summed E-state index contributed by atoms with van der Waals surface area (Å²) in [5, 5.41) is 1.34. The predicted octanol–water partition coefficient (Wildman–Crippen LogP) is 6.31. The molecule has 0 amide bonds. The number of aryl methyl sites for hydroxylation is 2. The number of fused-ring (bicyclic) bond motifs is 3. The molecular formula is C29H30N4S2. The number of anilines is 1. The first-order valence-corrected chi connectivity index (χ1v) is 14.3. The van der Waals surface area contributed by atoms with Crippen molar-refractivity contribution in [2.24, 2.45) is 0 Å². The molecule has 0 radical (unpaired) electrons. The Labute approximate surface area is 215 Å². The van der Waals surface area contributed by atoms with Crippen LogP contribution in [0.15, 0.2) is 71.6 Å². The summed E-state index contributed by atoms with van der Waals surface area (Å²) in [4.78, 5) is 19.3. The Morgan fingerprint density at radius 1 is 0.886 bits per heavy atom. The highest BCUT2D eigenvalue weighted by atomic mass is 32.2. The van der Waals surface area contributed by atoms with Gasteiger partial charge in [0.25, 0.3) is 0 Å². The van der Waals surface area contributed by atoms with E-state index in [1.807, 2.05) is 23.1 Å². The van der Waals surface area contributed by atoms with Gasteiger partial charge in [-0.25, -0.2) is 9.97 Å². The number of nitrogens with zero attached hydrogens (tertiary/aromatic N) is 4. The fourth-order valence-electron chi connectivity index (χ4n) is 5.02. The molecule has 3 heterocycles. The zero-order valence-electron chi connectivity index (χ0n) is 19.9. The van der Waals surface area contributed by atoms with E-state index in [1.165, 1.54) is 56.2 Å². The first-order chi connectivity index (χ1) is 17.3. The fraction of sp³-hybridized carbons (Fsp3) is 0.310. The van der Waals surface area contributed by atoms with Gasteiger partial charge in [0.2, 0.25) is 0 Å². The molecule has 35 heavy (non-hydrogen) atoms. The molecule has 1 aliphatic heterocycles. The molecule has 6 heteroatoms. The number of hydrogen-bond donors (Lipinski definition) is 0. The molecule has 4 nitrogen and oxygen atoms in total. The molecule has 1 fully saturated rings. The standard InChI is InChI=1S/C29H30N4S2/c1-3-9-22(10-4-1)11-8-16-32-17-19-33(20-18-32)28-27-24-14-7-15-25(24)35-29(27)31-26(30-28)21-34-23-12-5-2-6-13-23/h1-6,8-13H,7,14-21H2/b11-8+. The monoisotopic (exact) mass is 498 g/mol. The van der Waals surface area contributed by atoms with E-state index >= 15 is 0 Å². The summed E-state index contributed by atoms with van der Waals surface area (Å²) in [6.07, 6.45) is 8.16. The van der Waals surface area contributed by atoms with Gasteiger partial charge in [-0.05, 0) is 42.5 Å². The van der Waals surface area contributed by atoms with Crippen molar-refractivity contribution < 1.29 is 0 Å². The van der Waals surface area contributed by atoms with E-state index in [1.54, 1.807) is 0 Å². The van der Waals surface area contributed by atoms with Crippen LogP contribution < -0.4 is 4.90 Å². The highest BCUT2D eigenvalue weighted by molar-refractivity contribution is 7.98. The van der Waals surface area contributed by atoms with Crippen LogP contribution in [-0.4, -0.2) is 47.6 Å². The molecule has 4 aromatic rings. The average molecular weight is 499 g/mol. The average Bonchev–Trinajstić information content (AvgIpc) is 3.50. The third-order valence-corrected chi connectivity index (χ3v) is 9.04. The molecule has 2 aromatic carbocycles. The predicted molar refractivity (Wildman–Crippen MR) is 150 cm³/mol. The minimum Gasteiger partial charge on any atom is -0.353 e. The number of piperazine rings is 1. The van der Waals surface area contributed by atoms with E-state index < -0.39 is 0 Å². The van der Waals surface area contributed by atoms with Gasteiger partial charge in [-0.2, -0.15) is 0 Å². The summed E-state index contributed by atoms with van der Waals surface area (Å²) >= 11 is 3.72. The van der Waals surface area contributed by atoms with Crippen LogP contribution in [0.1, 0.15) is 28.2 Å². The second-order valence-corrected chi connectivity index (χ2v) is 11.3. The molecule has 0 saturated carbocycles. The lowest BCUT2D eigenvalue weighted by atomic mass is 10.1. The first-order valence-electron chi connectivity index (χ1n) is 12.5. The molecule has 0 unspecified atom stereocenters. The molecule has 178 valence electrons. The summed E-state index contributed by atoms with van der Waals surface area (Å²) in [7, 11) is 0. The first kappa shape index (κ1) is 22.8. The fourth-order valence-corrected chi connectivity index (χ4v) is 7.07. The largest absolute Gasteiger partial charge is 0.353 e. The molecule has 0 atom stereocenters. The lowest BCUT2D eigenvalue weighted by Crippen LogP contribution is -2.46. The highest BCUT2D eigenvalue weighted by Crippen LogP contribution is 2.41. The van der Waals surface area contributed by atoms with Gasteiger partial charge in [-0.15, -0.1) is 23.1 Å². The summed E-state index contributed by atoms with van der Waals surface area (Å²) in [5.74, 6) is 2.94. The maximum atomic E-state index is 5.18. The third kappa shape index (κ3) is 5.15. The summed E-state index contributed by atoms with van der Waals surface area (Å²) < 4.78 is 0. The van der Waals surface area contributed by atoms with Crippen molar-refractivity contribution in [3.05, 3.63) is 88.6 Å². The molecule has 1 aliphatic carbocycles.